The Labute approximate surface area is 121 Å². The van der Waals surface area contributed by atoms with Crippen molar-refractivity contribution in [3.8, 4) is 0 Å². The van der Waals surface area contributed by atoms with Crippen molar-refractivity contribution in [2.45, 2.75) is 13.5 Å². The number of rotatable bonds is 5. The number of nitrogens with one attached hydrogen (secondary N) is 2. The van der Waals surface area contributed by atoms with E-state index in [0.29, 0.717) is 24.3 Å². The highest BCUT2D eigenvalue weighted by Crippen LogP contribution is 2.20. The highest BCUT2D eigenvalue weighted by Gasteiger charge is 2.09. The topological polar surface area (TPSA) is 89.2 Å². The van der Waals surface area contributed by atoms with Crippen LogP contribution in [0.3, 0.4) is 0 Å². The zero-order chi connectivity index (χ0) is 15.2. The van der Waals surface area contributed by atoms with Crippen molar-refractivity contribution in [2.24, 2.45) is 0 Å². The summed E-state index contributed by atoms with van der Waals surface area (Å²) in [6, 6.07) is 7.82. The number of urea groups is 1. The monoisotopic (exact) mass is 288 g/mol. The average Bonchev–Trinajstić information content (AvgIpc) is 2.94. The number of aryl methyl sites for hydroxylation is 1. The van der Waals surface area contributed by atoms with Gasteiger partial charge < -0.3 is 15.2 Å². The van der Waals surface area contributed by atoms with Gasteiger partial charge in [0, 0.05) is 43.3 Å². The van der Waals surface area contributed by atoms with Crippen molar-refractivity contribution >= 4 is 17.4 Å². The van der Waals surface area contributed by atoms with E-state index in [4.69, 9.17) is 0 Å². The van der Waals surface area contributed by atoms with Crippen LogP contribution in [-0.2, 0) is 6.54 Å². The van der Waals surface area contributed by atoms with Crippen LogP contribution in [0.4, 0.5) is 16.2 Å². The van der Waals surface area contributed by atoms with E-state index in [1.807, 2.05) is 29.1 Å². The summed E-state index contributed by atoms with van der Waals surface area (Å²) >= 11 is 0. The predicted molar refractivity (Wildman–Crippen MR) is 79.3 cm³/mol. The van der Waals surface area contributed by atoms with Crippen LogP contribution in [0.1, 0.15) is 5.56 Å². The Morgan fingerprint density at radius 3 is 2.67 bits per heavy atom. The Morgan fingerprint density at radius 1 is 1.33 bits per heavy atom. The van der Waals surface area contributed by atoms with E-state index < -0.39 is 4.92 Å². The first-order valence-corrected chi connectivity index (χ1v) is 6.47. The minimum absolute atomic E-state index is 0.00562. The average molecular weight is 288 g/mol. The van der Waals surface area contributed by atoms with Crippen LogP contribution in [0.5, 0.6) is 0 Å². The molecule has 1 aromatic carbocycles. The van der Waals surface area contributed by atoms with Crippen molar-refractivity contribution in [1.29, 1.82) is 0 Å². The number of nitro groups is 1. The Balaban J connectivity index is 1.86. The molecule has 7 nitrogen and oxygen atoms in total. The molecule has 2 aromatic rings. The molecule has 0 aliphatic carbocycles. The van der Waals surface area contributed by atoms with Gasteiger partial charge in [0.2, 0.25) is 0 Å². The van der Waals surface area contributed by atoms with Crippen LogP contribution in [-0.4, -0.2) is 22.1 Å². The lowest BCUT2D eigenvalue weighted by molar-refractivity contribution is -0.384. The number of carbonyl (C=O) groups is 1. The van der Waals surface area contributed by atoms with Crippen LogP contribution in [0.15, 0.2) is 42.7 Å². The van der Waals surface area contributed by atoms with E-state index in [1.165, 1.54) is 18.2 Å². The van der Waals surface area contributed by atoms with E-state index in [9.17, 15) is 14.9 Å². The molecule has 7 heteroatoms. The first-order chi connectivity index (χ1) is 10.1. The van der Waals surface area contributed by atoms with Gasteiger partial charge in [0.25, 0.3) is 5.69 Å². The van der Waals surface area contributed by atoms with Crippen molar-refractivity contribution in [1.82, 2.24) is 9.88 Å². The second-order valence-electron chi connectivity index (χ2n) is 4.56. The van der Waals surface area contributed by atoms with Gasteiger partial charge in [0.05, 0.1) is 4.92 Å². The number of non-ortho nitro benzene ring substituents is 1. The molecule has 2 N–H and O–H groups in total. The van der Waals surface area contributed by atoms with Gasteiger partial charge in [-0.1, -0.05) is 0 Å². The van der Waals surface area contributed by atoms with Crippen LogP contribution in [0.2, 0.25) is 0 Å². The molecular weight excluding hydrogens is 272 g/mol. The smallest absolute Gasteiger partial charge is 0.319 e. The van der Waals surface area contributed by atoms with E-state index in [-0.39, 0.29) is 11.7 Å². The molecule has 110 valence electrons. The zero-order valence-corrected chi connectivity index (χ0v) is 11.6. The van der Waals surface area contributed by atoms with Crippen LogP contribution >= 0.6 is 0 Å². The van der Waals surface area contributed by atoms with Crippen molar-refractivity contribution in [2.75, 3.05) is 11.9 Å². The van der Waals surface area contributed by atoms with Gasteiger partial charge in [0.15, 0.2) is 0 Å². The first-order valence-electron chi connectivity index (χ1n) is 6.47. The third kappa shape index (κ3) is 4.07. The Hall–Kier alpha value is -2.83. The fourth-order valence-electron chi connectivity index (χ4n) is 1.89. The predicted octanol–water partition coefficient (Wildman–Crippen LogP) is 2.53. The minimum atomic E-state index is -0.464. The summed E-state index contributed by atoms with van der Waals surface area (Å²) in [5.74, 6) is 0. The number of hydrogen-bond donors (Lipinski definition) is 2. The molecule has 0 unspecified atom stereocenters. The van der Waals surface area contributed by atoms with Crippen LogP contribution in [0.25, 0.3) is 0 Å². The largest absolute Gasteiger partial charge is 0.353 e. The van der Waals surface area contributed by atoms with Gasteiger partial charge in [-0.05, 0) is 30.7 Å². The first kappa shape index (κ1) is 14.6. The Morgan fingerprint density at radius 2 is 2.05 bits per heavy atom. The fourth-order valence-corrected chi connectivity index (χ4v) is 1.89. The summed E-state index contributed by atoms with van der Waals surface area (Å²) in [6.45, 7) is 2.88. The van der Waals surface area contributed by atoms with E-state index in [2.05, 4.69) is 10.6 Å². The molecule has 2 rings (SSSR count). The van der Waals surface area contributed by atoms with Gasteiger partial charge in [-0.25, -0.2) is 4.79 Å². The van der Waals surface area contributed by atoms with Gasteiger partial charge in [-0.15, -0.1) is 0 Å². The number of hydrogen-bond acceptors (Lipinski definition) is 3. The molecule has 1 aromatic heterocycles. The summed E-state index contributed by atoms with van der Waals surface area (Å²) in [7, 11) is 0. The maximum absolute atomic E-state index is 11.7. The number of benzene rings is 1. The van der Waals surface area contributed by atoms with Gasteiger partial charge in [-0.3, -0.25) is 10.1 Å². The number of aromatic nitrogens is 1. The summed E-state index contributed by atoms with van der Waals surface area (Å²) in [6.07, 6.45) is 3.83. The van der Waals surface area contributed by atoms with E-state index in [1.54, 1.807) is 6.92 Å². The summed E-state index contributed by atoms with van der Waals surface area (Å²) in [5.41, 5.74) is 1.20. The highest BCUT2D eigenvalue weighted by molar-refractivity contribution is 5.90. The molecule has 0 spiro atoms. The molecule has 0 bridgehead atoms. The zero-order valence-electron chi connectivity index (χ0n) is 11.6. The van der Waals surface area contributed by atoms with Crippen molar-refractivity contribution in [3.05, 3.63) is 58.4 Å². The van der Waals surface area contributed by atoms with Crippen molar-refractivity contribution in [3.63, 3.8) is 0 Å². The molecule has 0 aliphatic heterocycles. The molecular formula is C14H16N4O3. The van der Waals surface area contributed by atoms with E-state index in [0.717, 1.165) is 0 Å². The summed E-state index contributed by atoms with van der Waals surface area (Å²) in [4.78, 5) is 21.9. The molecule has 1 heterocycles. The number of amides is 2. The lowest BCUT2D eigenvalue weighted by atomic mass is 10.2. The molecule has 0 aliphatic rings. The molecule has 0 saturated heterocycles. The van der Waals surface area contributed by atoms with E-state index >= 15 is 0 Å². The quantitative estimate of drug-likeness (QED) is 0.654. The highest BCUT2D eigenvalue weighted by atomic mass is 16.6. The maximum atomic E-state index is 11.7. The summed E-state index contributed by atoms with van der Waals surface area (Å²) < 4.78 is 1.96. The maximum Gasteiger partial charge on any atom is 0.319 e. The second kappa shape index (κ2) is 6.56. The Bertz CT molecular complexity index is 638. The molecule has 0 radical (unpaired) electrons. The van der Waals surface area contributed by atoms with Gasteiger partial charge in [-0.2, -0.15) is 0 Å². The number of nitro benzene ring substituents is 1. The minimum Gasteiger partial charge on any atom is -0.353 e. The third-order valence-corrected chi connectivity index (χ3v) is 2.99. The molecule has 0 atom stereocenters. The van der Waals surface area contributed by atoms with Crippen LogP contribution in [0, 0.1) is 17.0 Å². The van der Waals surface area contributed by atoms with Gasteiger partial charge >= 0.3 is 6.03 Å². The summed E-state index contributed by atoms with van der Waals surface area (Å²) in [5, 5.41) is 16.0. The fraction of sp³-hybridized carbons (Fsp3) is 0.214. The normalized spacial score (nSPS) is 10.1. The number of anilines is 1. The molecule has 0 fully saturated rings. The standard InChI is InChI=1S/C14H16N4O3/c1-11-10-12(18(20)21)4-5-13(11)16-14(19)15-6-9-17-7-2-3-8-17/h2-5,7-8,10H,6,9H2,1H3,(H2,15,16,19). The lowest BCUT2D eigenvalue weighted by Gasteiger charge is -2.10. The number of carbonyl (C=O) groups excluding carboxylic acids is 1. The van der Waals surface area contributed by atoms with Gasteiger partial charge in [0.1, 0.15) is 0 Å². The third-order valence-electron chi connectivity index (χ3n) is 2.99. The Kier molecular flexibility index (Phi) is 4.55. The SMILES string of the molecule is Cc1cc([N+](=O)[O-])ccc1NC(=O)NCCn1cccc1. The molecule has 0 saturated carbocycles. The second-order valence-corrected chi connectivity index (χ2v) is 4.56. The lowest BCUT2D eigenvalue weighted by Crippen LogP contribution is -2.31. The van der Waals surface area contributed by atoms with Crippen molar-refractivity contribution < 1.29 is 9.72 Å². The molecule has 21 heavy (non-hydrogen) atoms. The number of nitrogens with zero attached hydrogens (tertiary/aromatic N) is 2. The van der Waals surface area contributed by atoms with Crippen LogP contribution < -0.4 is 10.6 Å². The molecule has 2 amide bonds.